The zero-order valence-electron chi connectivity index (χ0n) is 13.5. The zero-order valence-corrected chi connectivity index (χ0v) is 14.3. The Morgan fingerprint density at radius 1 is 1.43 bits per heavy atom. The first-order valence-electron chi connectivity index (χ1n) is 7.16. The number of benzene rings is 1. The molecule has 3 N–H and O–H groups in total. The van der Waals surface area contributed by atoms with Gasteiger partial charge in [-0.25, -0.2) is 0 Å². The van der Waals surface area contributed by atoms with Crippen LogP contribution in [0.1, 0.15) is 34.1 Å². The summed E-state index contributed by atoms with van der Waals surface area (Å²) in [5.41, 5.74) is 7.05. The van der Waals surface area contributed by atoms with E-state index in [0.717, 1.165) is 0 Å². The van der Waals surface area contributed by atoms with Gasteiger partial charge in [-0.2, -0.15) is 0 Å². The van der Waals surface area contributed by atoms with Crippen LogP contribution >= 0.6 is 11.6 Å². The Morgan fingerprint density at radius 2 is 2.05 bits per heavy atom. The van der Waals surface area contributed by atoms with Gasteiger partial charge in [0.25, 0.3) is 0 Å². The quantitative estimate of drug-likeness (QED) is 0.817. The van der Waals surface area contributed by atoms with Crippen LogP contribution in [0.4, 0.5) is 11.4 Å². The Labute approximate surface area is 132 Å². The Balaban J connectivity index is 2.49. The molecule has 5 heteroatoms. The molecule has 4 nitrogen and oxygen atoms in total. The second kappa shape index (κ2) is 7.14. The van der Waals surface area contributed by atoms with Crippen molar-refractivity contribution < 1.29 is 4.79 Å². The minimum atomic E-state index is -0.0234. The van der Waals surface area contributed by atoms with Crippen molar-refractivity contribution in [1.29, 1.82) is 0 Å². The molecule has 1 rings (SSSR count). The van der Waals surface area contributed by atoms with Crippen molar-refractivity contribution in [2.24, 2.45) is 5.41 Å². The van der Waals surface area contributed by atoms with Crippen LogP contribution in [0, 0.1) is 5.41 Å². The smallest absolute Gasteiger partial charge is 0.225 e. The fourth-order valence-corrected chi connectivity index (χ4v) is 2.10. The molecule has 1 unspecified atom stereocenters. The minimum Gasteiger partial charge on any atom is -0.397 e. The van der Waals surface area contributed by atoms with E-state index in [1.807, 2.05) is 7.05 Å². The van der Waals surface area contributed by atoms with Gasteiger partial charge < -0.3 is 16.0 Å². The number of nitrogens with zero attached hydrogens (tertiary/aromatic N) is 1. The third-order valence-electron chi connectivity index (χ3n) is 3.89. The van der Waals surface area contributed by atoms with Crippen molar-refractivity contribution in [3.8, 4) is 0 Å². The first-order valence-corrected chi connectivity index (χ1v) is 7.54. The van der Waals surface area contributed by atoms with Gasteiger partial charge in [-0.3, -0.25) is 4.79 Å². The molecule has 1 atom stereocenters. The molecule has 21 heavy (non-hydrogen) atoms. The van der Waals surface area contributed by atoms with Gasteiger partial charge in [0.15, 0.2) is 0 Å². The fraction of sp³-hybridized carbons (Fsp3) is 0.562. The van der Waals surface area contributed by atoms with Crippen molar-refractivity contribution in [2.45, 2.75) is 40.2 Å². The zero-order chi connectivity index (χ0) is 16.2. The molecule has 0 aliphatic carbocycles. The predicted molar refractivity (Wildman–Crippen MR) is 90.7 cm³/mol. The molecule has 0 fully saturated rings. The molecule has 1 amide bonds. The van der Waals surface area contributed by atoms with Crippen LogP contribution < -0.4 is 11.1 Å². The molecule has 1 aromatic carbocycles. The SMILES string of the molecule is CC(N(C)CCC(=O)Nc1ccc(Cl)c(N)c1)C(C)(C)C. The average molecular weight is 312 g/mol. The van der Waals surface area contributed by atoms with Crippen molar-refractivity contribution in [3.05, 3.63) is 23.2 Å². The standard InChI is InChI=1S/C16H26ClN3O/c1-11(16(2,3)4)20(5)9-8-15(21)19-12-6-7-13(17)14(18)10-12/h6-7,10-11H,8-9,18H2,1-5H3,(H,19,21). The van der Waals surface area contributed by atoms with Crippen LogP contribution in [0.25, 0.3) is 0 Å². The summed E-state index contributed by atoms with van der Waals surface area (Å²) in [6, 6.07) is 5.50. The maximum Gasteiger partial charge on any atom is 0.225 e. The summed E-state index contributed by atoms with van der Waals surface area (Å²) in [5, 5.41) is 3.33. The van der Waals surface area contributed by atoms with Crippen molar-refractivity contribution in [1.82, 2.24) is 4.90 Å². The van der Waals surface area contributed by atoms with E-state index in [1.165, 1.54) is 0 Å². The molecule has 0 aromatic heterocycles. The van der Waals surface area contributed by atoms with Crippen LogP contribution in [0.5, 0.6) is 0 Å². The molecule has 0 radical (unpaired) electrons. The summed E-state index contributed by atoms with van der Waals surface area (Å²) >= 11 is 5.85. The Bertz CT molecular complexity index is 497. The van der Waals surface area contributed by atoms with Crippen molar-refractivity contribution in [3.63, 3.8) is 0 Å². The number of halogens is 1. The number of nitrogens with one attached hydrogen (secondary N) is 1. The Hall–Kier alpha value is -1.26. The van der Waals surface area contributed by atoms with E-state index in [1.54, 1.807) is 18.2 Å². The number of rotatable bonds is 5. The van der Waals surface area contributed by atoms with E-state index >= 15 is 0 Å². The number of carbonyl (C=O) groups is 1. The van der Waals surface area contributed by atoms with Gasteiger partial charge in [0.2, 0.25) is 5.91 Å². The van der Waals surface area contributed by atoms with E-state index in [2.05, 4.69) is 37.9 Å². The van der Waals surface area contributed by atoms with Crippen LogP contribution in [-0.4, -0.2) is 30.4 Å². The number of anilines is 2. The van der Waals surface area contributed by atoms with Crippen LogP contribution in [0.2, 0.25) is 5.02 Å². The largest absolute Gasteiger partial charge is 0.397 e. The Morgan fingerprint density at radius 3 is 2.57 bits per heavy atom. The second-order valence-electron chi connectivity index (χ2n) is 6.56. The van der Waals surface area contributed by atoms with Gasteiger partial charge in [-0.1, -0.05) is 32.4 Å². The predicted octanol–water partition coefficient (Wildman–Crippen LogP) is 3.62. The summed E-state index contributed by atoms with van der Waals surface area (Å²) in [5.74, 6) is -0.0234. The van der Waals surface area contributed by atoms with E-state index in [0.29, 0.717) is 35.4 Å². The summed E-state index contributed by atoms with van der Waals surface area (Å²) in [6.07, 6.45) is 0.444. The van der Waals surface area contributed by atoms with Crippen LogP contribution in [0.3, 0.4) is 0 Å². The number of hydrogen-bond donors (Lipinski definition) is 2. The maximum absolute atomic E-state index is 12.0. The third-order valence-corrected chi connectivity index (χ3v) is 4.23. The molecule has 0 aliphatic rings. The third kappa shape index (κ3) is 5.56. The van der Waals surface area contributed by atoms with Crippen LogP contribution in [0.15, 0.2) is 18.2 Å². The summed E-state index contributed by atoms with van der Waals surface area (Å²) < 4.78 is 0. The first kappa shape index (κ1) is 17.8. The number of nitrogens with two attached hydrogens (primary N) is 1. The highest BCUT2D eigenvalue weighted by atomic mass is 35.5. The molecule has 0 saturated carbocycles. The minimum absolute atomic E-state index is 0.0234. The monoisotopic (exact) mass is 311 g/mol. The van der Waals surface area contributed by atoms with E-state index in [4.69, 9.17) is 17.3 Å². The highest BCUT2D eigenvalue weighted by Gasteiger charge is 2.23. The summed E-state index contributed by atoms with van der Waals surface area (Å²) in [6.45, 7) is 9.49. The van der Waals surface area contributed by atoms with E-state index in [9.17, 15) is 4.79 Å². The van der Waals surface area contributed by atoms with E-state index < -0.39 is 0 Å². The summed E-state index contributed by atoms with van der Waals surface area (Å²) in [7, 11) is 2.05. The molecule has 0 bridgehead atoms. The molecule has 118 valence electrons. The molecule has 0 saturated heterocycles. The fourth-order valence-electron chi connectivity index (χ4n) is 1.98. The summed E-state index contributed by atoms with van der Waals surface area (Å²) in [4.78, 5) is 14.2. The lowest BCUT2D eigenvalue weighted by Crippen LogP contribution is -2.40. The number of nitrogen functional groups attached to an aromatic ring is 1. The van der Waals surface area contributed by atoms with Crippen molar-refractivity contribution >= 4 is 28.9 Å². The molecular formula is C16H26ClN3O. The lowest BCUT2D eigenvalue weighted by atomic mass is 9.87. The molecule has 0 aliphatic heterocycles. The van der Waals surface area contributed by atoms with Crippen LogP contribution in [-0.2, 0) is 4.79 Å². The lowest BCUT2D eigenvalue weighted by Gasteiger charge is -2.35. The molecular weight excluding hydrogens is 286 g/mol. The second-order valence-corrected chi connectivity index (χ2v) is 6.96. The Kier molecular flexibility index (Phi) is 6.05. The molecule has 1 aromatic rings. The first-order chi connectivity index (χ1) is 9.61. The lowest BCUT2D eigenvalue weighted by molar-refractivity contribution is -0.116. The topological polar surface area (TPSA) is 58.4 Å². The molecule has 0 heterocycles. The van der Waals surface area contributed by atoms with Gasteiger partial charge in [0.1, 0.15) is 0 Å². The number of amides is 1. The van der Waals surface area contributed by atoms with Gasteiger partial charge in [-0.05, 0) is 37.6 Å². The van der Waals surface area contributed by atoms with Gasteiger partial charge in [-0.15, -0.1) is 0 Å². The molecule has 0 spiro atoms. The number of hydrogen-bond acceptors (Lipinski definition) is 3. The van der Waals surface area contributed by atoms with E-state index in [-0.39, 0.29) is 11.3 Å². The average Bonchev–Trinajstić information content (AvgIpc) is 2.38. The van der Waals surface area contributed by atoms with Gasteiger partial charge >= 0.3 is 0 Å². The van der Waals surface area contributed by atoms with Crippen molar-refractivity contribution in [2.75, 3.05) is 24.6 Å². The normalized spacial score (nSPS) is 13.3. The van der Waals surface area contributed by atoms with Gasteiger partial charge in [0.05, 0.1) is 10.7 Å². The number of carbonyl (C=O) groups excluding carboxylic acids is 1. The highest BCUT2D eigenvalue weighted by Crippen LogP contribution is 2.24. The maximum atomic E-state index is 12.0. The van der Waals surface area contributed by atoms with Gasteiger partial charge in [0, 0.05) is 24.7 Å². The highest BCUT2D eigenvalue weighted by molar-refractivity contribution is 6.33.